The summed E-state index contributed by atoms with van der Waals surface area (Å²) in [5, 5.41) is 8.73. The molecule has 0 fully saturated rings. The van der Waals surface area contributed by atoms with E-state index in [-0.39, 0.29) is 11.6 Å². The van der Waals surface area contributed by atoms with E-state index in [2.05, 4.69) is 16.0 Å². The highest BCUT2D eigenvalue weighted by molar-refractivity contribution is 8.00. The third kappa shape index (κ3) is 8.63. The van der Waals surface area contributed by atoms with Gasteiger partial charge in [0.1, 0.15) is 11.4 Å². The van der Waals surface area contributed by atoms with Crippen molar-refractivity contribution in [1.82, 2.24) is 5.32 Å². The van der Waals surface area contributed by atoms with Gasteiger partial charge in [0.2, 0.25) is 5.91 Å². The molecule has 10 heteroatoms. The average Bonchev–Trinajstić information content (AvgIpc) is 2.98. The van der Waals surface area contributed by atoms with Crippen LogP contribution in [0, 0.1) is 0 Å². The van der Waals surface area contributed by atoms with E-state index in [0.717, 1.165) is 4.90 Å². The van der Waals surface area contributed by atoms with Gasteiger partial charge in [0, 0.05) is 37.9 Å². The number of halogens is 2. The molecule has 0 radical (unpaired) electrons. The van der Waals surface area contributed by atoms with Gasteiger partial charge in [-0.15, -0.1) is 11.8 Å². The Morgan fingerprint density at radius 3 is 2.26 bits per heavy atom. The molecule has 0 aromatic heterocycles. The van der Waals surface area contributed by atoms with Gasteiger partial charge in [-0.2, -0.15) is 0 Å². The fourth-order valence-electron chi connectivity index (χ4n) is 3.76. The van der Waals surface area contributed by atoms with Gasteiger partial charge in [-0.3, -0.25) is 14.4 Å². The monoisotopic (exact) mass is 619 g/mol. The van der Waals surface area contributed by atoms with Gasteiger partial charge >= 0.3 is 0 Å². The van der Waals surface area contributed by atoms with E-state index in [0.29, 0.717) is 38.3 Å². The Bertz CT molecular complexity index is 1630. The predicted octanol–water partition coefficient (Wildman–Crippen LogP) is 7.53. The van der Waals surface area contributed by atoms with E-state index in [4.69, 9.17) is 27.9 Å². The van der Waals surface area contributed by atoms with Gasteiger partial charge in [-0.25, -0.2) is 0 Å². The van der Waals surface area contributed by atoms with Crippen LogP contribution in [-0.2, 0) is 9.59 Å². The molecule has 0 aliphatic heterocycles. The Hall–Kier alpha value is -4.24. The molecule has 0 heterocycles. The van der Waals surface area contributed by atoms with Crippen molar-refractivity contribution >= 4 is 70.1 Å². The number of carbonyl (C=O) groups excluding carboxylic acids is 3. The molecule has 3 N–H and O–H groups in total. The minimum absolute atomic E-state index is 0.0165. The number of rotatable bonds is 10. The molecular formula is C32H27Cl2N3O4S. The van der Waals surface area contributed by atoms with Crippen LogP contribution >= 0.6 is 35.0 Å². The molecular weight excluding hydrogens is 593 g/mol. The number of amides is 3. The fraction of sp³-hybridized carbons (Fsp3) is 0.0938. The van der Waals surface area contributed by atoms with E-state index >= 15 is 0 Å². The molecule has 0 saturated carbocycles. The molecule has 7 nitrogen and oxygen atoms in total. The Morgan fingerprint density at radius 1 is 0.833 bits per heavy atom. The molecule has 1 unspecified atom stereocenters. The van der Waals surface area contributed by atoms with E-state index in [1.807, 2.05) is 6.07 Å². The first-order valence-electron chi connectivity index (χ1n) is 12.8. The van der Waals surface area contributed by atoms with Crippen LogP contribution in [-0.4, -0.2) is 30.1 Å². The summed E-state index contributed by atoms with van der Waals surface area (Å²) in [7, 11) is 1.56. The third-order valence-corrected chi connectivity index (χ3v) is 7.56. The van der Waals surface area contributed by atoms with E-state index in [9.17, 15) is 14.4 Å². The lowest BCUT2D eigenvalue weighted by atomic mass is 10.1. The second kappa shape index (κ2) is 14.6. The smallest absolute Gasteiger partial charge is 0.272 e. The minimum atomic E-state index is -0.559. The summed E-state index contributed by atoms with van der Waals surface area (Å²) >= 11 is 13.7. The summed E-state index contributed by atoms with van der Waals surface area (Å²) in [6.07, 6.45) is 1.48. The molecule has 0 aliphatic carbocycles. The molecule has 0 spiro atoms. The molecule has 0 saturated heterocycles. The van der Waals surface area contributed by atoms with Crippen molar-refractivity contribution < 1.29 is 19.1 Å². The minimum Gasteiger partial charge on any atom is -0.497 e. The second-order valence-electron chi connectivity index (χ2n) is 9.01. The van der Waals surface area contributed by atoms with Gasteiger partial charge in [-0.05, 0) is 73.2 Å². The highest BCUT2D eigenvalue weighted by atomic mass is 35.5. The zero-order valence-corrected chi connectivity index (χ0v) is 25.0. The van der Waals surface area contributed by atoms with Crippen LogP contribution in [0.3, 0.4) is 0 Å². The van der Waals surface area contributed by atoms with Gasteiger partial charge in [0.25, 0.3) is 11.8 Å². The number of nitrogens with one attached hydrogen (secondary N) is 3. The Morgan fingerprint density at radius 2 is 1.55 bits per heavy atom. The molecule has 3 amide bonds. The van der Waals surface area contributed by atoms with Crippen LogP contribution in [0.2, 0.25) is 10.0 Å². The van der Waals surface area contributed by atoms with Crippen LogP contribution < -0.4 is 20.7 Å². The van der Waals surface area contributed by atoms with E-state index in [1.165, 1.54) is 17.8 Å². The Kier molecular flexibility index (Phi) is 10.7. The zero-order valence-electron chi connectivity index (χ0n) is 22.7. The standard InChI is InChI=1S/C32H27Cl2N3O4S/c1-20(30(38)35-24-10-6-12-26(18-24)41-2)42-27-13-7-11-25(19-27)36-32(40)29(16-22-14-15-23(33)17-28(22)34)37-31(39)21-8-4-3-5-9-21/h3-20H,1-2H3,(H,35,38)(H,36,40)(H,37,39)/b29-16+. The first-order valence-corrected chi connectivity index (χ1v) is 14.4. The number of anilines is 2. The molecule has 0 aliphatic rings. The second-order valence-corrected chi connectivity index (χ2v) is 11.3. The maximum atomic E-state index is 13.4. The number of hydrogen-bond acceptors (Lipinski definition) is 5. The Balaban J connectivity index is 1.49. The highest BCUT2D eigenvalue weighted by Gasteiger charge is 2.18. The number of carbonyl (C=O) groups is 3. The SMILES string of the molecule is COc1cccc(NC(=O)C(C)Sc2cccc(NC(=O)/C(=C\c3ccc(Cl)cc3Cl)NC(=O)c3ccccc3)c2)c1. The fourth-order valence-corrected chi connectivity index (χ4v) is 5.15. The van der Waals surface area contributed by atoms with Gasteiger partial charge in [0.15, 0.2) is 0 Å². The average molecular weight is 621 g/mol. The predicted molar refractivity (Wildman–Crippen MR) is 170 cm³/mol. The van der Waals surface area contributed by atoms with E-state index < -0.39 is 17.1 Å². The topological polar surface area (TPSA) is 96.5 Å². The van der Waals surface area contributed by atoms with Crippen LogP contribution in [0.15, 0.2) is 108 Å². The largest absolute Gasteiger partial charge is 0.497 e. The lowest BCUT2D eigenvalue weighted by Gasteiger charge is -2.14. The molecule has 42 heavy (non-hydrogen) atoms. The van der Waals surface area contributed by atoms with Crippen molar-refractivity contribution in [2.45, 2.75) is 17.1 Å². The van der Waals surface area contributed by atoms with Gasteiger partial charge in [-0.1, -0.05) is 59.6 Å². The molecule has 4 aromatic carbocycles. The lowest BCUT2D eigenvalue weighted by molar-refractivity contribution is -0.115. The molecule has 214 valence electrons. The lowest BCUT2D eigenvalue weighted by Crippen LogP contribution is -2.30. The quantitative estimate of drug-likeness (QED) is 0.126. The number of methoxy groups -OCH3 is 1. The first kappa shape index (κ1) is 30.7. The van der Waals surface area contributed by atoms with E-state index in [1.54, 1.807) is 105 Å². The molecule has 4 rings (SSSR count). The first-order chi connectivity index (χ1) is 20.2. The van der Waals surface area contributed by atoms with Crippen LogP contribution in [0.5, 0.6) is 5.75 Å². The summed E-state index contributed by atoms with van der Waals surface area (Å²) < 4.78 is 5.21. The summed E-state index contributed by atoms with van der Waals surface area (Å²) in [5.74, 6) is -0.557. The van der Waals surface area contributed by atoms with Crippen molar-refractivity contribution in [3.05, 3.63) is 124 Å². The maximum Gasteiger partial charge on any atom is 0.272 e. The van der Waals surface area contributed by atoms with Crippen LogP contribution in [0.1, 0.15) is 22.8 Å². The number of benzene rings is 4. The maximum absolute atomic E-state index is 13.4. The van der Waals surface area contributed by atoms with Crippen molar-refractivity contribution in [2.75, 3.05) is 17.7 Å². The molecule has 1 atom stereocenters. The summed E-state index contributed by atoms with van der Waals surface area (Å²) in [4.78, 5) is 39.9. The molecule has 4 aromatic rings. The number of thioether (sulfide) groups is 1. The van der Waals surface area contributed by atoms with Crippen LogP contribution in [0.4, 0.5) is 11.4 Å². The van der Waals surface area contributed by atoms with Gasteiger partial charge in [0.05, 0.1) is 12.4 Å². The third-order valence-electron chi connectivity index (χ3n) is 5.90. The number of hydrogen-bond donors (Lipinski definition) is 3. The summed E-state index contributed by atoms with van der Waals surface area (Å²) in [6, 6.07) is 27.6. The zero-order chi connectivity index (χ0) is 30.1. The van der Waals surface area contributed by atoms with Crippen molar-refractivity contribution in [2.24, 2.45) is 0 Å². The normalized spacial score (nSPS) is 11.8. The summed E-state index contributed by atoms with van der Waals surface area (Å²) in [5.41, 5.74) is 1.98. The summed E-state index contributed by atoms with van der Waals surface area (Å²) in [6.45, 7) is 1.79. The number of ether oxygens (including phenoxy) is 1. The van der Waals surface area contributed by atoms with Gasteiger partial charge < -0.3 is 20.7 Å². The molecule has 0 bridgehead atoms. The van der Waals surface area contributed by atoms with Crippen LogP contribution in [0.25, 0.3) is 6.08 Å². The Labute approximate surface area is 258 Å². The highest BCUT2D eigenvalue weighted by Crippen LogP contribution is 2.28. The van der Waals surface area contributed by atoms with Crippen molar-refractivity contribution in [1.29, 1.82) is 0 Å². The van der Waals surface area contributed by atoms with Crippen molar-refractivity contribution in [3.8, 4) is 5.75 Å². The van der Waals surface area contributed by atoms with Crippen molar-refractivity contribution in [3.63, 3.8) is 0 Å².